The number of aromatic hydroxyl groups is 1. The number of fused-ring (bicyclic) bond motifs is 1. The number of carbonyl (C=O) groups is 1. The van der Waals surface area contributed by atoms with E-state index in [0.717, 1.165) is 25.0 Å². The fraction of sp³-hybridized carbons (Fsp3) is 0.412. The Labute approximate surface area is 132 Å². The highest BCUT2D eigenvalue weighted by Crippen LogP contribution is 2.26. The van der Waals surface area contributed by atoms with Crippen LogP contribution in [0.2, 0.25) is 0 Å². The third kappa shape index (κ3) is 3.21. The van der Waals surface area contributed by atoms with Crippen molar-refractivity contribution in [3.05, 3.63) is 40.0 Å². The largest absolute Gasteiger partial charge is 0.502 e. The van der Waals surface area contributed by atoms with Crippen LogP contribution in [0.25, 0.3) is 11.0 Å². The van der Waals surface area contributed by atoms with Crippen molar-refractivity contribution in [3.63, 3.8) is 0 Å². The number of amides is 1. The van der Waals surface area contributed by atoms with E-state index in [1.807, 2.05) is 0 Å². The van der Waals surface area contributed by atoms with Gasteiger partial charge in [0.25, 0.3) is 5.91 Å². The highest BCUT2D eigenvalue weighted by molar-refractivity contribution is 5.93. The van der Waals surface area contributed by atoms with Crippen molar-refractivity contribution in [1.82, 2.24) is 5.32 Å². The molecule has 1 heterocycles. The van der Waals surface area contributed by atoms with Gasteiger partial charge < -0.3 is 14.8 Å². The van der Waals surface area contributed by atoms with Crippen molar-refractivity contribution in [3.8, 4) is 5.75 Å². The van der Waals surface area contributed by atoms with Gasteiger partial charge in [-0.3, -0.25) is 9.59 Å². The average molecular weight is 319 g/mol. The van der Waals surface area contributed by atoms with Gasteiger partial charge in [-0.25, -0.2) is 4.39 Å². The molecule has 0 atom stereocenters. The number of phenolic OH excluding ortho intramolecular Hbond substituents is 1. The average Bonchev–Trinajstić information content (AvgIpc) is 2.57. The van der Waals surface area contributed by atoms with Crippen LogP contribution in [0, 0.1) is 11.7 Å². The standard InChI is InChI=1S/C17H18FNO4/c18-12-7-6-11-13(20)8-14(23-16(11)15(12)21)17(22)19-9-10-4-2-1-3-5-10/h6-8,10,21H,1-5,9H2,(H,19,22). The maximum absolute atomic E-state index is 13.4. The zero-order valence-electron chi connectivity index (χ0n) is 12.6. The summed E-state index contributed by atoms with van der Waals surface area (Å²) in [5, 5.41) is 12.5. The molecule has 0 unspecified atom stereocenters. The van der Waals surface area contributed by atoms with Crippen molar-refractivity contribution in [1.29, 1.82) is 0 Å². The molecule has 0 bridgehead atoms. The molecular formula is C17H18FNO4. The van der Waals surface area contributed by atoms with E-state index in [4.69, 9.17) is 4.42 Å². The molecule has 2 aromatic rings. The minimum Gasteiger partial charge on any atom is -0.502 e. The first-order chi connectivity index (χ1) is 11.1. The minimum atomic E-state index is -0.902. The molecule has 1 aliphatic carbocycles. The maximum Gasteiger partial charge on any atom is 0.287 e. The number of carbonyl (C=O) groups excluding carboxylic acids is 1. The van der Waals surface area contributed by atoms with Crippen LogP contribution in [0.3, 0.4) is 0 Å². The number of phenols is 1. The zero-order valence-corrected chi connectivity index (χ0v) is 12.6. The van der Waals surface area contributed by atoms with Gasteiger partial charge in [0.2, 0.25) is 0 Å². The number of nitrogens with one attached hydrogen (secondary N) is 1. The van der Waals surface area contributed by atoms with Crippen molar-refractivity contribution in [2.45, 2.75) is 32.1 Å². The van der Waals surface area contributed by atoms with Crippen LogP contribution in [0.4, 0.5) is 4.39 Å². The molecule has 1 aliphatic rings. The number of hydrogen-bond donors (Lipinski definition) is 2. The lowest BCUT2D eigenvalue weighted by molar-refractivity contribution is 0.0916. The van der Waals surface area contributed by atoms with Crippen LogP contribution in [-0.2, 0) is 0 Å². The van der Waals surface area contributed by atoms with Gasteiger partial charge >= 0.3 is 0 Å². The minimum absolute atomic E-state index is 0.0349. The molecule has 1 fully saturated rings. The summed E-state index contributed by atoms with van der Waals surface area (Å²) in [4.78, 5) is 24.2. The van der Waals surface area contributed by atoms with Crippen LogP contribution in [-0.4, -0.2) is 17.6 Å². The molecular weight excluding hydrogens is 301 g/mol. The fourth-order valence-corrected chi connectivity index (χ4v) is 3.01. The van der Waals surface area contributed by atoms with Gasteiger partial charge in [-0.15, -0.1) is 0 Å². The van der Waals surface area contributed by atoms with Crippen molar-refractivity contribution < 1.29 is 18.7 Å². The summed E-state index contributed by atoms with van der Waals surface area (Å²) in [6, 6.07) is 3.27. The highest BCUT2D eigenvalue weighted by atomic mass is 19.1. The Morgan fingerprint density at radius 3 is 2.78 bits per heavy atom. The second-order valence-electron chi connectivity index (χ2n) is 5.96. The van der Waals surface area contributed by atoms with Crippen molar-refractivity contribution in [2.24, 2.45) is 5.92 Å². The number of benzene rings is 1. The van der Waals surface area contributed by atoms with E-state index in [1.165, 1.54) is 25.3 Å². The predicted octanol–water partition coefficient (Wildman–Crippen LogP) is 2.95. The molecule has 1 amide bonds. The Kier molecular flexibility index (Phi) is 4.32. The Balaban J connectivity index is 1.83. The first kappa shape index (κ1) is 15.5. The molecule has 3 rings (SSSR count). The molecule has 0 radical (unpaired) electrons. The zero-order chi connectivity index (χ0) is 16.4. The summed E-state index contributed by atoms with van der Waals surface area (Å²) < 4.78 is 18.6. The van der Waals surface area contributed by atoms with E-state index in [-0.39, 0.29) is 16.7 Å². The third-order valence-corrected chi connectivity index (χ3v) is 4.32. The van der Waals surface area contributed by atoms with Gasteiger partial charge in [0.1, 0.15) is 0 Å². The molecule has 1 aromatic carbocycles. The van der Waals surface area contributed by atoms with Crippen LogP contribution in [0.1, 0.15) is 42.7 Å². The van der Waals surface area contributed by atoms with E-state index < -0.39 is 22.9 Å². The van der Waals surface area contributed by atoms with Crippen LogP contribution < -0.4 is 10.7 Å². The van der Waals surface area contributed by atoms with Crippen molar-refractivity contribution >= 4 is 16.9 Å². The Hall–Kier alpha value is -2.37. The number of hydrogen-bond acceptors (Lipinski definition) is 4. The second kappa shape index (κ2) is 6.40. The number of halogens is 1. The van der Waals surface area contributed by atoms with Gasteiger partial charge in [0.15, 0.2) is 28.3 Å². The molecule has 0 aliphatic heterocycles. The van der Waals surface area contributed by atoms with E-state index in [2.05, 4.69) is 5.32 Å². The summed E-state index contributed by atoms with van der Waals surface area (Å²) in [6.07, 6.45) is 5.72. The summed E-state index contributed by atoms with van der Waals surface area (Å²) in [6.45, 7) is 0.524. The van der Waals surface area contributed by atoms with Gasteiger partial charge in [0.05, 0.1) is 5.39 Å². The van der Waals surface area contributed by atoms with E-state index >= 15 is 0 Å². The Bertz CT molecular complexity index is 793. The molecule has 1 saturated carbocycles. The van der Waals surface area contributed by atoms with Crippen LogP contribution in [0.5, 0.6) is 5.75 Å². The normalized spacial score (nSPS) is 15.7. The molecule has 23 heavy (non-hydrogen) atoms. The fourth-order valence-electron chi connectivity index (χ4n) is 3.01. The smallest absolute Gasteiger partial charge is 0.287 e. The summed E-state index contributed by atoms with van der Waals surface area (Å²) in [7, 11) is 0. The molecule has 6 heteroatoms. The quantitative estimate of drug-likeness (QED) is 0.911. The van der Waals surface area contributed by atoms with E-state index in [9.17, 15) is 19.1 Å². The second-order valence-corrected chi connectivity index (χ2v) is 5.96. The first-order valence-corrected chi connectivity index (χ1v) is 7.80. The van der Waals surface area contributed by atoms with Crippen LogP contribution >= 0.6 is 0 Å². The summed E-state index contributed by atoms with van der Waals surface area (Å²) in [5.74, 6) is -1.98. The van der Waals surface area contributed by atoms with Gasteiger partial charge in [-0.2, -0.15) is 0 Å². The van der Waals surface area contributed by atoms with E-state index in [0.29, 0.717) is 12.5 Å². The Morgan fingerprint density at radius 1 is 1.30 bits per heavy atom. The summed E-state index contributed by atoms with van der Waals surface area (Å²) >= 11 is 0. The molecule has 0 spiro atoms. The lowest BCUT2D eigenvalue weighted by atomic mass is 9.89. The Morgan fingerprint density at radius 2 is 2.04 bits per heavy atom. The lowest BCUT2D eigenvalue weighted by Crippen LogP contribution is -2.30. The van der Waals surface area contributed by atoms with Crippen LogP contribution in [0.15, 0.2) is 27.4 Å². The van der Waals surface area contributed by atoms with Crippen molar-refractivity contribution in [2.75, 3.05) is 6.54 Å². The monoisotopic (exact) mass is 319 g/mol. The lowest BCUT2D eigenvalue weighted by Gasteiger charge is -2.21. The topological polar surface area (TPSA) is 79.5 Å². The van der Waals surface area contributed by atoms with Gasteiger partial charge in [-0.1, -0.05) is 19.3 Å². The van der Waals surface area contributed by atoms with Gasteiger partial charge in [0, 0.05) is 12.6 Å². The van der Waals surface area contributed by atoms with E-state index in [1.54, 1.807) is 0 Å². The third-order valence-electron chi connectivity index (χ3n) is 4.32. The maximum atomic E-state index is 13.4. The summed E-state index contributed by atoms with van der Waals surface area (Å²) in [5.41, 5.74) is -0.801. The molecule has 0 saturated heterocycles. The molecule has 1 aromatic heterocycles. The molecule has 122 valence electrons. The molecule has 5 nitrogen and oxygen atoms in total. The SMILES string of the molecule is O=C(NCC1CCCCC1)c1cc(=O)c2ccc(F)c(O)c2o1. The highest BCUT2D eigenvalue weighted by Gasteiger charge is 2.18. The van der Waals surface area contributed by atoms with Gasteiger partial charge in [-0.05, 0) is 30.9 Å². The predicted molar refractivity (Wildman–Crippen MR) is 83.0 cm³/mol. The molecule has 2 N–H and O–H groups in total. The first-order valence-electron chi connectivity index (χ1n) is 7.80. The number of rotatable bonds is 3.